The summed E-state index contributed by atoms with van der Waals surface area (Å²) in [4.78, 5) is 13.4. The number of carboxylic acid groups (broad SMARTS) is 1. The molecule has 16 heavy (non-hydrogen) atoms. The van der Waals surface area contributed by atoms with E-state index >= 15 is 0 Å². The van der Waals surface area contributed by atoms with Crippen LogP contribution in [0.15, 0.2) is 0 Å². The van der Waals surface area contributed by atoms with Gasteiger partial charge in [0, 0.05) is 19.1 Å². The smallest absolute Gasteiger partial charge is 0.307 e. The Hall–Kier alpha value is -0.570. The third-order valence-corrected chi connectivity index (χ3v) is 4.41. The summed E-state index contributed by atoms with van der Waals surface area (Å²) in [6.07, 6.45) is 3.20. The SMILES string of the molecule is CC(C)(C)C1CC2CCC(C(=O)O)CN2C1. The molecule has 0 aromatic carbocycles. The van der Waals surface area contributed by atoms with Gasteiger partial charge in [0.05, 0.1) is 5.92 Å². The Morgan fingerprint density at radius 3 is 2.50 bits per heavy atom. The minimum Gasteiger partial charge on any atom is -0.481 e. The van der Waals surface area contributed by atoms with Crippen LogP contribution in [0, 0.1) is 17.3 Å². The van der Waals surface area contributed by atoms with Gasteiger partial charge in [-0.15, -0.1) is 0 Å². The highest BCUT2D eigenvalue weighted by Crippen LogP contribution is 2.40. The molecule has 0 amide bonds. The second-order valence-corrected chi connectivity index (χ2v) is 6.52. The Kier molecular flexibility index (Phi) is 2.99. The molecule has 0 bridgehead atoms. The number of carbonyl (C=O) groups is 1. The van der Waals surface area contributed by atoms with E-state index in [4.69, 9.17) is 5.11 Å². The minimum absolute atomic E-state index is 0.130. The third kappa shape index (κ3) is 2.24. The number of nitrogens with zero attached hydrogens (tertiary/aromatic N) is 1. The number of hydrogen-bond donors (Lipinski definition) is 1. The average molecular weight is 225 g/mol. The summed E-state index contributed by atoms with van der Waals surface area (Å²) in [5.74, 6) is -0.0160. The maximum atomic E-state index is 11.0. The molecule has 3 atom stereocenters. The standard InChI is InChI=1S/C13H23NO2/c1-13(2,3)10-6-11-5-4-9(12(15)16)7-14(11)8-10/h9-11H,4-8H2,1-3H3,(H,15,16). The maximum Gasteiger partial charge on any atom is 0.307 e. The predicted molar refractivity (Wildman–Crippen MR) is 63.3 cm³/mol. The quantitative estimate of drug-likeness (QED) is 0.744. The molecule has 2 rings (SSSR count). The number of aliphatic carboxylic acids is 1. The van der Waals surface area contributed by atoms with Crippen molar-refractivity contribution in [3.8, 4) is 0 Å². The lowest BCUT2D eigenvalue weighted by atomic mass is 9.79. The molecule has 0 spiro atoms. The first-order valence-corrected chi connectivity index (χ1v) is 6.35. The third-order valence-electron chi connectivity index (χ3n) is 4.41. The van der Waals surface area contributed by atoms with Crippen molar-refractivity contribution >= 4 is 5.97 Å². The van der Waals surface area contributed by atoms with Crippen molar-refractivity contribution in [2.24, 2.45) is 17.3 Å². The van der Waals surface area contributed by atoms with E-state index in [0.717, 1.165) is 31.8 Å². The van der Waals surface area contributed by atoms with Crippen molar-refractivity contribution in [2.45, 2.75) is 46.1 Å². The first kappa shape index (κ1) is 11.9. The number of rotatable bonds is 1. The predicted octanol–water partition coefficient (Wildman–Crippen LogP) is 2.22. The lowest BCUT2D eigenvalue weighted by molar-refractivity contribution is -0.143. The number of carboxylic acids is 1. The zero-order valence-corrected chi connectivity index (χ0v) is 10.6. The van der Waals surface area contributed by atoms with Gasteiger partial charge in [0.25, 0.3) is 0 Å². The van der Waals surface area contributed by atoms with Crippen LogP contribution in [0.3, 0.4) is 0 Å². The fourth-order valence-corrected chi connectivity index (χ4v) is 3.11. The molecule has 3 unspecified atom stereocenters. The summed E-state index contributed by atoms with van der Waals surface area (Å²) in [5, 5.41) is 9.06. The highest BCUT2D eigenvalue weighted by atomic mass is 16.4. The molecule has 0 saturated carbocycles. The van der Waals surface area contributed by atoms with Gasteiger partial charge in [-0.2, -0.15) is 0 Å². The minimum atomic E-state index is -0.613. The lowest BCUT2D eigenvalue weighted by Gasteiger charge is -2.33. The Labute approximate surface area is 97.8 Å². The van der Waals surface area contributed by atoms with Gasteiger partial charge in [-0.25, -0.2) is 0 Å². The summed E-state index contributed by atoms with van der Waals surface area (Å²) in [6.45, 7) is 8.75. The van der Waals surface area contributed by atoms with Crippen molar-refractivity contribution in [3.63, 3.8) is 0 Å². The first-order chi connectivity index (χ1) is 7.38. The second-order valence-electron chi connectivity index (χ2n) is 6.52. The molecular formula is C13H23NO2. The van der Waals surface area contributed by atoms with E-state index in [2.05, 4.69) is 25.7 Å². The molecule has 0 radical (unpaired) electrons. The van der Waals surface area contributed by atoms with Gasteiger partial charge in [-0.3, -0.25) is 9.69 Å². The van der Waals surface area contributed by atoms with Crippen LogP contribution in [-0.4, -0.2) is 35.1 Å². The average Bonchev–Trinajstić information content (AvgIpc) is 2.58. The molecule has 3 heteroatoms. The molecule has 1 N–H and O–H groups in total. The van der Waals surface area contributed by atoms with E-state index in [1.54, 1.807) is 0 Å². The van der Waals surface area contributed by atoms with E-state index in [0.29, 0.717) is 11.5 Å². The van der Waals surface area contributed by atoms with E-state index < -0.39 is 5.97 Å². The van der Waals surface area contributed by atoms with Gasteiger partial charge in [0.1, 0.15) is 0 Å². The summed E-state index contributed by atoms with van der Waals surface area (Å²) >= 11 is 0. The van der Waals surface area contributed by atoms with Crippen LogP contribution in [0.5, 0.6) is 0 Å². The van der Waals surface area contributed by atoms with Crippen LogP contribution in [0.4, 0.5) is 0 Å². The summed E-state index contributed by atoms with van der Waals surface area (Å²) < 4.78 is 0. The summed E-state index contributed by atoms with van der Waals surface area (Å²) in [6, 6.07) is 0.653. The highest BCUT2D eigenvalue weighted by molar-refractivity contribution is 5.70. The van der Waals surface area contributed by atoms with Crippen molar-refractivity contribution in [1.29, 1.82) is 0 Å². The van der Waals surface area contributed by atoms with Crippen LogP contribution < -0.4 is 0 Å². The number of fused-ring (bicyclic) bond motifs is 1. The van der Waals surface area contributed by atoms with Crippen molar-refractivity contribution in [3.05, 3.63) is 0 Å². The first-order valence-electron chi connectivity index (χ1n) is 6.35. The van der Waals surface area contributed by atoms with Crippen molar-refractivity contribution < 1.29 is 9.90 Å². The molecule has 2 saturated heterocycles. The van der Waals surface area contributed by atoms with E-state index in [9.17, 15) is 4.79 Å². The zero-order valence-electron chi connectivity index (χ0n) is 10.6. The van der Waals surface area contributed by atoms with Gasteiger partial charge in [0.15, 0.2) is 0 Å². The topological polar surface area (TPSA) is 40.5 Å². The van der Waals surface area contributed by atoms with E-state index in [-0.39, 0.29) is 5.92 Å². The Balaban J connectivity index is 1.99. The van der Waals surface area contributed by atoms with Crippen LogP contribution in [0.25, 0.3) is 0 Å². The molecule has 2 aliphatic rings. The number of piperidine rings is 1. The zero-order chi connectivity index (χ0) is 11.9. The van der Waals surface area contributed by atoms with E-state index in [1.807, 2.05) is 0 Å². The molecule has 3 nitrogen and oxygen atoms in total. The van der Waals surface area contributed by atoms with Crippen LogP contribution in [0.1, 0.15) is 40.0 Å². The molecule has 0 aromatic heterocycles. The Morgan fingerprint density at radius 1 is 1.25 bits per heavy atom. The molecule has 0 aliphatic carbocycles. The highest BCUT2D eigenvalue weighted by Gasteiger charge is 2.42. The monoisotopic (exact) mass is 225 g/mol. The van der Waals surface area contributed by atoms with Crippen LogP contribution in [0.2, 0.25) is 0 Å². The number of hydrogen-bond acceptors (Lipinski definition) is 2. The van der Waals surface area contributed by atoms with Gasteiger partial charge in [-0.05, 0) is 30.6 Å². The van der Waals surface area contributed by atoms with Crippen molar-refractivity contribution in [1.82, 2.24) is 4.90 Å². The fourth-order valence-electron chi connectivity index (χ4n) is 3.11. The normalized spacial score (nSPS) is 36.1. The molecule has 92 valence electrons. The van der Waals surface area contributed by atoms with Gasteiger partial charge in [-0.1, -0.05) is 20.8 Å². The van der Waals surface area contributed by atoms with E-state index in [1.165, 1.54) is 6.42 Å². The largest absolute Gasteiger partial charge is 0.481 e. The maximum absolute atomic E-state index is 11.0. The molecule has 0 aromatic rings. The fraction of sp³-hybridized carbons (Fsp3) is 0.923. The summed E-state index contributed by atoms with van der Waals surface area (Å²) in [5.41, 5.74) is 0.357. The lowest BCUT2D eigenvalue weighted by Crippen LogP contribution is -2.41. The Morgan fingerprint density at radius 2 is 1.94 bits per heavy atom. The molecular weight excluding hydrogens is 202 g/mol. The molecule has 2 heterocycles. The van der Waals surface area contributed by atoms with Gasteiger partial charge >= 0.3 is 5.97 Å². The molecule has 2 aliphatic heterocycles. The second kappa shape index (κ2) is 4.02. The van der Waals surface area contributed by atoms with Crippen LogP contribution in [-0.2, 0) is 4.79 Å². The Bertz CT molecular complexity index is 282. The van der Waals surface area contributed by atoms with Crippen molar-refractivity contribution in [2.75, 3.05) is 13.1 Å². The summed E-state index contributed by atoms with van der Waals surface area (Å²) in [7, 11) is 0. The van der Waals surface area contributed by atoms with Gasteiger partial charge < -0.3 is 5.11 Å². The van der Waals surface area contributed by atoms with Crippen LogP contribution >= 0.6 is 0 Å². The van der Waals surface area contributed by atoms with Gasteiger partial charge in [0.2, 0.25) is 0 Å². The molecule has 2 fully saturated rings.